The zero-order valence-corrected chi connectivity index (χ0v) is 15.8. The Labute approximate surface area is 171 Å². The van der Waals surface area contributed by atoms with Crippen LogP contribution in [0.3, 0.4) is 0 Å². The molecule has 0 saturated heterocycles. The van der Waals surface area contributed by atoms with Crippen LogP contribution in [-0.4, -0.2) is 10.9 Å². The summed E-state index contributed by atoms with van der Waals surface area (Å²) >= 11 is 0. The molecule has 1 N–H and O–H groups in total. The number of aromatic nitrogens is 1. The summed E-state index contributed by atoms with van der Waals surface area (Å²) in [5, 5.41) is 3.87. The van der Waals surface area contributed by atoms with E-state index in [-0.39, 0.29) is 13.3 Å². The molecular weight excluding hydrogens is 360 g/mol. The molecule has 0 spiro atoms. The van der Waals surface area contributed by atoms with Gasteiger partial charge in [0.15, 0.2) is 0 Å². The van der Waals surface area contributed by atoms with Gasteiger partial charge in [0.05, 0.1) is 5.52 Å². The van der Waals surface area contributed by atoms with E-state index in [9.17, 15) is 4.79 Å². The number of rotatable bonds is 4. The molecule has 29 heavy (non-hydrogen) atoms. The van der Waals surface area contributed by atoms with Gasteiger partial charge in [-0.05, 0) is 79.6 Å². The van der Waals surface area contributed by atoms with Crippen molar-refractivity contribution >= 4 is 22.5 Å². The van der Waals surface area contributed by atoms with Crippen molar-refractivity contribution in [2.75, 3.05) is 5.32 Å². The molecular formula is C25H24N2O2. The van der Waals surface area contributed by atoms with Crippen LogP contribution >= 0.6 is 0 Å². The van der Waals surface area contributed by atoms with Crippen molar-refractivity contribution < 1.29 is 9.53 Å². The summed E-state index contributed by atoms with van der Waals surface area (Å²) in [7, 11) is 0. The molecule has 4 aromatic rings. The first-order valence-corrected chi connectivity index (χ1v) is 9.10. The summed E-state index contributed by atoms with van der Waals surface area (Å²) in [6, 6.07) is 22.5. The molecule has 0 bridgehead atoms. The van der Waals surface area contributed by atoms with Crippen molar-refractivity contribution in [3.63, 3.8) is 0 Å². The molecule has 0 saturated carbocycles. The minimum Gasteiger partial charge on any atom is -0.457 e. The van der Waals surface area contributed by atoms with Crippen LogP contribution in [0.1, 0.15) is 28.9 Å². The van der Waals surface area contributed by atoms with Crippen LogP contribution in [0.15, 0.2) is 79.0 Å². The molecule has 0 atom stereocenters. The highest BCUT2D eigenvalue weighted by Crippen LogP contribution is 2.31. The molecule has 146 valence electrons. The van der Waals surface area contributed by atoms with Gasteiger partial charge in [-0.25, -0.2) is 0 Å². The fourth-order valence-electron chi connectivity index (χ4n) is 3.00. The second kappa shape index (κ2) is 8.57. The Kier molecular flexibility index (Phi) is 5.93. The standard InChI is InChI=1S/C24H20N2O2.CH4/c1-16-14-21-22(15-17(16)2)25-13-12-23(21)28-20-10-8-19(9-11-20)26-24(27)18-6-4-3-5-7-18;/h3-15H,1-2H3,(H,26,27);1H4. The lowest BCUT2D eigenvalue weighted by molar-refractivity contribution is 0.102. The summed E-state index contributed by atoms with van der Waals surface area (Å²) in [6.07, 6.45) is 1.75. The highest BCUT2D eigenvalue weighted by molar-refractivity contribution is 6.04. The van der Waals surface area contributed by atoms with Crippen LogP contribution in [0, 0.1) is 13.8 Å². The van der Waals surface area contributed by atoms with Gasteiger partial charge in [0.1, 0.15) is 11.5 Å². The van der Waals surface area contributed by atoms with Gasteiger partial charge in [-0.2, -0.15) is 0 Å². The van der Waals surface area contributed by atoms with Crippen LogP contribution < -0.4 is 10.1 Å². The number of carbonyl (C=O) groups is 1. The summed E-state index contributed by atoms with van der Waals surface area (Å²) in [5.41, 5.74) is 4.65. The molecule has 4 nitrogen and oxygen atoms in total. The van der Waals surface area contributed by atoms with Crippen LogP contribution in [0.4, 0.5) is 5.69 Å². The van der Waals surface area contributed by atoms with Crippen molar-refractivity contribution in [1.82, 2.24) is 4.98 Å². The molecule has 0 aliphatic heterocycles. The Hall–Kier alpha value is -3.66. The number of hydrogen-bond donors (Lipinski definition) is 1. The van der Waals surface area contributed by atoms with E-state index in [4.69, 9.17) is 4.74 Å². The maximum atomic E-state index is 12.2. The van der Waals surface area contributed by atoms with Gasteiger partial charge in [-0.1, -0.05) is 25.6 Å². The highest BCUT2D eigenvalue weighted by atomic mass is 16.5. The number of nitrogens with zero attached hydrogens (tertiary/aromatic N) is 1. The van der Waals surface area contributed by atoms with Gasteiger partial charge in [0.25, 0.3) is 5.91 Å². The number of anilines is 1. The number of benzene rings is 3. The molecule has 0 radical (unpaired) electrons. The maximum Gasteiger partial charge on any atom is 0.255 e. The third-order valence-corrected chi connectivity index (χ3v) is 4.69. The van der Waals surface area contributed by atoms with E-state index in [0.717, 1.165) is 16.7 Å². The maximum absolute atomic E-state index is 12.2. The Morgan fingerprint density at radius 2 is 1.59 bits per heavy atom. The molecule has 4 heteroatoms. The second-order valence-corrected chi connectivity index (χ2v) is 6.71. The molecule has 0 aliphatic rings. The van der Waals surface area contributed by atoms with Crippen molar-refractivity contribution in [3.05, 3.63) is 95.7 Å². The number of carbonyl (C=O) groups excluding carboxylic acids is 1. The monoisotopic (exact) mass is 384 g/mol. The summed E-state index contributed by atoms with van der Waals surface area (Å²) in [4.78, 5) is 16.7. The van der Waals surface area contributed by atoms with E-state index >= 15 is 0 Å². The Morgan fingerprint density at radius 1 is 0.897 bits per heavy atom. The second-order valence-electron chi connectivity index (χ2n) is 6.71. The first-order valence-electron chi connectivity index (χ1n) is 9.10. The van der Waals surface area contributed by atoms with E-state index in [1.807, 2.05) is 48.5 Å². The molecule has 0 unspecified atom stereocenters. The van der Waals surface area contributed by atoms with Gasteiger partial charge in [-0.15, -0.1) is 0 Å². The van der Waals surface area contributed by atoms with Crippen LogP contribution in [0.25, 0.3) is 10.9 Å². The topological polar surface area (TPSA) is 51.2 Å². The minimum atomic E-state index is -0.139. The van der Waals surface area contributed by atoms with E-state index in [0.29, 0.717) is 17.0 Å². The highest BCUT2D eigenvalue weighted by Gasteiger charge is 2.08. The predicted octanol–water partition coefficient (Wildman–Crippen LogP) is 6.53. The molecule has 1 aromatic heterocycles. The van der Waals surface area contributed by atoms with Crippen molar-refractivity contribution in [2.45, 2.75) is 21.3 Å². The van der Waals surface area contributed by atoms with Crippen LogP contribution in [-0.2, 0) is 0 Å². The molecule has 4 rings (SSSR count). The van der Waals surface area contributed by atoms with Crippen molar-refractivity contribution in [1.29, 1.82) is 0 Å². The lowest BCUT2D eigenvalue weighted by Gasteiger charge is -2.11. The lowest BCUT2D eigenvalue weighted by atomic mass is 10.1. The van der Waals surface area contributed by atoms with E-state index < -0.39 is 0 Å². The number of pyridine rings is 1. The Bertz CT molecular complexity index is 1140. The largest absolute Gasteiger partial charge is 0.457 e. The predicted molar refractivity (Wildman–Crippen MR) is 119 cm³/mol. The van der Waals surface area contributed by atoms with E-state index in [2.05, 4.69) is 36.3 Å². The number of nitrogens with one attached hydrogen (secondary N) is 1. The van der Waals surface area contributed by atoms with Gasteiger partial charge in [-0.3, -0.25) is 9.78 Å². The average molecular weight is 384 g/mol. The quantitative estimate of drug-likeness (QED) is 0.435. The number of fused-ring (bicyclic) bond motifs is 1. The van der Waals surface area contributed by atoms with Crippen molar-refractivity contribution in [3.8, 4) is 11.5 Å². The average Bonchev–Trinajstić information content (AvgIpc) is 2.71. The smallest absolute Gasteiger partial charge is 0.255 e. The Balaban J connectivity index is 0.00000240. The van der Waals surface area contributed by atoms with E-state index in [1.54, 1.807) is 18.3 Å². The minimum absolute atomic E-state index is 0. The van der Waals surface area contributed by atoms with Gasteiger partial charge in [0.2, 0.25) is 0 Å². The van der Waals surface area contributed by atoms with Gasteiger partial charge >= 0.3 is 0 Å². The summed E-state index contributed by atoms with van der Waals surface area (Å²) in [6.45, 7) is 4.15. The molecule has 0 aliphatic carbocycles. The summed E-state index contributed by atoms with van der Waals surface area (Å²) < 4.78 is 6.08. The number of ether oxygens (including phenoxy) is 1. The molecule has 0 fully saturated rings. The van der Waals surface area contributed by atoms with Crippen LogP contribution in [0.5, 0.6) is 11.5 Å². The first-order chi connectivity index (χ1) is 13.6. The number of hydrogen-bond acceptors (Lipinski definition) is 3. The summed E-state index contributed by atoms with van der Waals surface area (Å²) in [5.74, 6) is 1.32. The third kappa shape index (κ3) is 4.43. The SMILES string of the molecule is C.Cc1cc2nccc(Oc3ccc(NC(=O)c4ccccc4)cc3)c2cc1C. The fraction of sp³-hybridized carbons (Fsp3) is 0.120. The normalized spacial score (nSPS) is 10.3. The zero-order chi connectivity index (χ0) is 19.5. The lowest BCUT2D eigenvalue weighted by Crippen LogP contribution is -2.11. The van der Waals surface area contributed by atoms with Gasteiger partial charge in [0, 0.05) is 22.8 Å². The number of aryl methyl sites for hydroxylation is 2. The van der Waals surface area contributed by atoms with Crippen LogP contribution in [0.2, 0.25) is 0 Å². The Morgan fingerprint density at radius 3 is 2.31 bits per heavy atom. The zero-order valence-electron chi connectivity index (χ0n) is 15.8. The van der Waals surface area contributed by atoms with E-state index in [1.165, 1.54) is 11.1 Å². The van der Waals surface area contributed by atoms with Crippen molar-refractivity contribution in [2.24, 2.45) is 0 Å². The molecule has 1 amide bonds. The first kappa shape index (κ1) is 20.1. The van der Waals surface area contributed by atoms with Gasteiger partial charge < -0.3 is 10.1 Å². The fourth-order valence-corrected chi connectivity index (χ4v) is 3.00. The molecule has 1 heterocycles. The number of amides is 1. The third-order valence-electron chi connectivity index (χ3n) is 4.69. The molecule has 3 aromatic carbocycles.